The number of benzene rings is 1. The highest BCUT2D eigenvalue weighted by atomic mass is 19.4. The van der Waals surface area contributed by atoms with Gasteiger partial charge in [0.2, 0.25) is 0 Å². The first kappa shape index (κ1) is 18.2. The first-order valence-corrected chi connectivity index (χ1v) is 6.60. The molecule has 22 heavy (non-hydrogen) atoms. The van der Waals surface area contributed by atoms with Gasteiger partial charge in [-0.25, -0.2) is 4.79 Å². The van der Waals surface area contributed by atoms with Crippen molar-refractivity contribution in [1.29, 1.82) is 0 Å². The number of anilines is 1. The maximum absolute atomic E-state index is 12.3. The van der Waals surface area contributed by atoms with Crippen molar-refractivity contribution in [2.75, 3.05) is 33.0 Å². The summed E-state index contributed by atoms with van der Waals surface area (Å²) in [4.78, 5) is 14.6. The van der Waals surface area contributed by atoms with Gasteiger partial charge in [-0.15, -0.1) is 0 Å². The molecule has 0 spiro atoms. The number of aliphatic hydroxyl groups excluding tert-OH is 1. The summed E-state index contributed by atoms with van der Waals surface area (Å²) in [6, 6.07) is 6.30. The summed E-state index contributed by atoms with van der Waals surface area (Å²) >= 11 is 0. The monoisotopic (exact) mass is 319 g/mol. The second-order valence-corrected chi connectivity index (χ2v) is 5.31. The van der Waals surface area contributed by atoms with Crippen molar-refractivity contribution in [2.24, 2.45) is 0 Å². The number of carbonyl (C=O) groups is 1. The highest BCUT2D eigenvalue weighted by Gasteiger charge is 2.39. The predicted octanol–water partition coefficient (Wildman–Crippen LogP) is 2.14. The fourth-order valence-corrected chi connectivity index (χ4v) is 1.78. The van der Waals surface area contributed by atoms with E-state index in [9.17, 15) is 18.0 Å². The molecule has 1 unspecified atom stereocenters. The summed E-state index contributed by atoms with van der Waals surface area (Å²) in [7, 11) is 4.99. The molecule has 5 nitrogen and oxygen atoms in total. The van der Waals surface area contributed by atoms with Crippen LogP contribution in [0.25, 0.3) is 0 Å². The zero-order valence-electron chi connectivity index (χ0n) is 12.7. The van der Waals surface area contributed by atoms with Gasteiger partial charge in [0, 0.05) is 19.3 Å². The van der Waals surface area contributed by atoms with Gasteiger partial charge in [0.1, 0.15) is 0 Å². The molecule has 8 heteroatoms. The maximum atomic E-state index is 12.3. The number of alkyl halides is 3. The summed E-state index contributed by atoms with van der Waals surface area (Å²) in [6.07, 6.45) is -7.32. The van der Waals surface area contributed by atoms with Gasteiger partial charge in [0.05, 0.1) is 6.54 Å². The van der Waals surface area contributed by atoms with Gasteiger partial charge in [0.15, 0.2) is 6.10 Å². The minimum Gasteiger partial charge on any atom is -0.382 e. The van der Waals surface area contributed by atoms with Crippen LogP contribution in [0.4, 0.5) is 23.7 Å². The van der Waals surface area contributed by atoms with Crippen molar-refractivity contribution in [1.82, 2.24) is 9.80 Å². The largest absolute Gasteiger partial charge is 0.416 e. The fourth-order valence-electron chi connectivity index (χ4n) is 1.78. The van der Waals surface area contributed by atoms with Crippen LogP contribution < -0.4 is 5.32 Å². The van der Waals surface area contributed by atoms with E-state index in [4.69, 9.17) is 5.11 Å². The fraction of sp³-hybridized carbons (Fsp3) is 0.500. The minimum atomic E-state index is -4.75. The van der Waals surface area contributed by atoms with Crippen LogP contribution >= 0.6 is 0 Å². The Labute approximate surface area is 127 Å². The van der Waals surface area contributed by atoms with E-state index in [-0.39, 0.29) is 0 Å². The molecule has 1 aromatic rings. The average Bonchev–Trinajstić information content (AvgIpc) is 2.36. The van der Waals surface area contributed by atoms with Gasteiger partial charge >= 0.3 is 12.2 Å². The van der Waals surface area contributed by atoms with Crippen LogP contribution in [0.2, 0.25) is 0 Å². The molecule has 0 aliphatic heterocycles. The highest BCUT2D eigenvalue weighted by Crippen LogP contribution is 2.20. The van der Waals surface area contributed by atoms with Gasteiger partial charge in [-0.1, -0.05) is 12.1 Å². The Balaban J connectivity index is 2.64. The molecule has 0 aliphatic rings. The van der Waals surface area contributed by atoms with E-state index >= 15 is 0 Å². The number of hydrogen-bond donors (Lipinski definition) is 2. The number of rotatable bonds is 5. The Hall–Kier alpha value is -1.80. The second-order valence-electron chi connectivity index (χ2n) is 5.31. The number of nitrogens with one attached hydrogen (secondary N) is 1. The van der Waals surface area contributed by atoms with E-state index in [0.29, 0.717) is 12.2 Å². The molecule has 0 saturated carbocycles. The highest BCUT2D eigenvalue weighted by molar-refractivity contribution is 5.89. The van der Waals surface area contributed by atoms with Crippen molar-refractivity contribution in [2.45, 2.75) is 18.8 Å². The topological polar surface area (TPSA) is 55.8 Å². The zero-order chi connectivity index (χ0) is 16.9. The van der Waals surface area contributed by atoms with Crippen molar-refractivity contribution in [3.8, 4) is 0 Å². The number of amides is 2. The molecule has 0 bridgehead atoms. The third kappa shape index (κ3) is 5.90. The molecule has 0 aromatic heterocycles. The Bertz CT molecular complexity index is 506. The lowest BCUT2D eigenvalue weighted by Crippen LogP contribution is -2.43. The van der Waals surface area contributed by atoms with Crippen LogP contribution in [0.15, 0.2) is 24.3 Å². The number of aliphatic hydroxyl groups is 1. The summed E-state index contributed by atoms with van der Waals surface area (Å²) in [5.41, 5.74) is 1.44. The van der Waals surface area contributed by atoms with E-state index in [0.717, 1.165) is 10.5 Å². The number of likely N-dealkylation sites (N-methyl/N-ethyl adjacent to an activating group) is 1. The standard InChI is InChI=1S/C14H20F3N3O2/c1-19(2)8-10-5-4-6-11(7-10)18-13(22)20(3)9-12(21)14(15,16)17/h4-7,12,21H,8-9H2,1-3H3,(H,18,22). The van der Waals surface area contributed by atoms with Crippen molar-refractivity contribution >= 4 is 11.7 Å². The molecular formula is C14H20F3N3O2. The molecular weight excluding hydrogens is 299 g/mol. The molecule has 2 N–H and O–H groups in total. The average molecular weight is 319 g/mol. The molecule has 1 rings (SSSR count). The van der Waals surface area contributed by atoms with Crippen LogP contribution in [-0.2, 0) is 6.54 Å². The molecule has 2 amide bonds. The molecule has 124 valence electrons. The van der Waals surface area contributed by atoms with E-state index in [1.54, 1.807) is 18.2 Å². The molecule has 1 aromatic carbocycles. The van der Waals surface area contributed by atoms with Crippen LogP contribution in [0.3, 0.4) is 0 Å². The first-order valence-electron chi connectivity index (χ1n) is 6.60. The number of carbonyl (C=O) groups excluding carboxylic acids is 1. The Morgan fingerprint density at radius 2 is 1.95 bits per heavy atom. The molecule has 1 atom stereocenters. The SMILES string of the molecule is CN(C)Cc1cccc(NC(=O)N(C)CC(O)C(F)(F)F)c1. The maximum Gasteiger partial charge on any atom is 0.416 e. The van der Waals surface area contributed by atoms with Gasteiger partial charge in [-0.2, -0.15) is 13.2 Å². The second kappa shape index (κ2) is 7.46. The van der Waals surface area contributed by atoms with Crippen molar-refractivity contribution in [3.05, 3.63) is 29.8 Å². The van der Waals surface area contributed by atoms with E-state index in [1.807, 2.05) is 25.1 Å². The Kier molecular flexibility index (Phi) is 6.19. The van der Waals surface area contributed by atoms with Gasteiger partial charge in [-0.05, 0) is 31.8 Å². The van der Waals surface area contributed by atoms with Crippen LogP contribution in [0, 0.1) is 0 Å². The minimum absolute atomic E-state index is 0.484. The van der Waals surface area contributed by atoms with Gasteiger partial charge in [0.25, 0.3) is 0 Å². The summed E-state index contributed by atoms with van der Waals surface area (Å²) in [6.45, 7) is -0.154. The van der Waals surface area contributed by atoms with Gasteiger partial charge < -0.3 is 20.2 Å². The lowest BCUT2D eigenvalue weighted by atomic mass is 10.2. The third-order valence-electron chi connectivity index (χ3n) is 2.85. The lowest BCUT2D eigenvalue weighted by molar-refractivity contribution is -0.205. The van der Waals surface area contributed by atoms with Crippen LogP contribution in [-0.4, -0.2) is 60.9 Å². The smallest absolute Gasteiger partial charge is 0.382 e. The zero-order valence-corrected chi connectivity index (χ0v) is 12.7. The molecule has 0 heterocycles. The first-order chi connectivity index (χ1) is 10.1. The van der Waals surface area contributed by atoms with Crippen LogP contribution in [0.1, 0.15) is 5.56 Å². The summed E-state index contributed by atoms with van der Waals surface area (Å²) in [5, 5.41) is 11.5. The molecule has 0 saturated heterocycles. The molecule has 0 fully saturated rings. The van der Waals surface area contributed by atoms with E-state index < -0.39 is 24.9 Å². The number of halogens is 3. The Morgan fingerprint density at radius 1 is 1.32 bits per heavy atom. The predicted molar refractivity (Wildman–Crippen MR) is 77.5 cm³/mol. The summed E-state index contributed by atoms with van der Waals surface area (Å²) in [5.74, 6) is 0. The van der Waals surface area contributed by atoms with Crippen LogP contribution in [0.5, 0.6) is 0 Å². The normalized spacial score (nSPS) is 13.1. The number of nitrogens with zero attached hydrogens (tertiary/aromatic N) is 2. The molecule has 0 aliphatic carbocycles. The number of urea groups is 1. The van der Waals surface area contributed by atoms with E-state index in [1.165, 1.54) is 7.05 Å². The Morgan fingerprint density at radius 3 is 2.50 bits per heavy atom. The molecule has 0 radical (unpaired) electrons. The quantitative estimate of drug-likeness (QED) is 0.874. The van der Waals surface area contributed by atoms with Crippen molar-refractivity contribution in [3.63, 3.8) is 0 Å². The third-order valence-corrected chi connectivity index (χ3v) is 2.85. The number of hydrogen-bond acceptors (Lipinski definition) is 3. The summed E-state index contributed by atoms with van der Waals surface area (Å²) < 4.78 is 36.8. The van der Waals surface area contributed by atoms with Gasteiger partial charge in [-0.3, -0.25) is 0 Å². The van der Waals surface area contributed by atoms with E-state index in [2.05, 4.69) is 5.32 Å². The lowest BCUT2D eigenvalue weighted by Gasteiger charge is -2.23. The van der Waals surface area contributed by atoms with Crippen molar-refractivity contribution < 1.29 is 23.1 Å².